The van der Waals surface area contributed by atoms with Gasteiger partial charge in [-0.2, -0.15) is 0 Å². The number of aliphatic hydroxyl groups is 8. The zero-order valence-corrected chi connectivity index (χ0v) is 63.2. The van der Waals surface area contributed by atoms with Gasteiger partial charge in [-0.3, -0.25) is 0 Å². The van der Waals surface area contributed by atoms with Gasteiger partial charge in [0, 0.05) is 165 Å². The summed E-state index contributed by atoms with van der Waals surface area (Å²) in [5, 5.41) is 98.8. The smallest absolute Gasteiger partial charge is 0.162 e. The Bertz CT molecular complexity index is 5800. The largest absolute Gasteiger partial charge is 0.487 e. The van der Waals surface area contributed by atoms with Crippen molar-refractivity contribution in [1.29, 1.82) is 0 Å². The molecule has 0 saturated heterocycles. The fourth-order valence-electron chi connectivity index (χ4n) is 18.0. The Hall–Kier alpha value is -10.9. The van der Waals surface area contributed by atoms with E-state index in [9.17, 15) is 71.6 Å². The molecule has 8 aliphatic rings. The molecule has 4 aliphatic heterocycles. The molecule has 0 amide bonds. The summed E-state index contributed by atoms with van der Waals surface area (Å²) in [6.45, 7) is 5.25. The normalized spacial score (nSPS) is 26.3. The molecule has 16 atom stereocenters. The summed E-state index contributed by atoms with van der Waals surface area (Å²) in [6.07, 6.45) is 1.23. The number of aromatic nitrogens is 8. The third-order valence-electron chi connectivity index (χ3n) is 24.1. The van der Waals surface area contributed by atoms with E-state index < -0.39 is 138 Å². The molecule has 4 fully saturated rings. The third kappa shape index (κ3) is 14.5. The van der Waals surface area contributed by atoms with Gasteiger partial charge in [-0.15, -0.1) is 0 Å². The van der Waals surface area contributed by atoms with E-state index in [-0.39, 0.29) is 79.7 Å². The molecule has 12 aromatic rings. The molecule has 4 saturated carbocycles. The number of anilines is 4. The lowest BCUT2D eigenvalue weighted by Crippen LogP contribution is -2.35. The van der Waals surface area contributed by atoms with Crippen LogP contribution in [0.5, 0.6) is 23.0 Å². The van der Waals surface area contributed by atoms with Crippen LogP contribution in [0.25, 0.3) is 44.1 Å². The zero-order valence-electron chi connectivity index (χ0n) is 63.2. The Morgan fingerprint density at radius 3 is 1.08 bits per heavy atom. The molecule has 8 aromatic heterocycles. The van der Waals surface area contributed by atoms with Gasteiger partial charge < -0.3 is 122 Å². The summed E-state index contributed by atoms with van der Waals surface area (Å²) in [5.41, 5.74) is 32.7. The zero-order chi connectivity index (χ0) is 82.4. The molecule has 20 N–H and O–H groups in total. The fraction of sp³-hybridized carbons (Fsp3) is 0.373. The number of ether oxygens (including phenoxy) is 4. The van der Waals surface area contributed by atoms with Crippen LogP contribution in [0.3, 0.4) is 0 Å². The highest BCUT2D eigenvalue weighted by atomic mass is 19.2. The first-order chi connectivity index (χ1) is 56.9. The third-order valence-corrected chi connectivity index (χ3v) is 24.1. The van der Waals surface area contributed by atoms with Gasteiger partial charge in [0.05, 0.1) is 45.7 Å². The highest BCUT2D eigenvalue weighted by Crippen LogP contribution is 2.45. The van der Waals surface area contributed by atoms with E-state index in [1.54, 1.807) is 9.13 Å². The van der Waals surface area contributed by atoms with Gasteiger partial charge in [-0.1, -0.05) is 24.3 Å². The van der Waals surface area contributed by atoms with Crippen molar-refractivity contribution in [1.82, 2.24) is 59.5 Å². The van der Waals surface area contributed by atoms with E-state index in [2.05, 4.69) is 47.3 Å². The second-order valence-corrected chi connectivity index (χ2v) is 31.0. The number of nitrogens with zero attached hydrogens (tertiary/aromatic N) is 8. The molecule has 35 heteroatoms. The first kappa shape index (κ1) is 79.5. The van der Waals surface area contributed by atoms with Gasteiger partial charge in [0.2, 0.25) is 0 Å². The van der Waals surface area contributed by atoms with E-state index in [0.717, 1.165) is 66.7 Å². The van der Waals surface area contributed by atoms with Crippen LogP contribution in [-0.4, -0.2) is 172 Å². The summed E-state index contributed by atoms with van der Waals surface area (Å²) >= 11 is 0. The van der Waals surface area contributed by atoms with E-state index in [4.69, 9.17) is 41.9 Å². The topological polar surface area (TPSA) is 422 Å². The molecule has 0 spiro atoms. The number of hydrogen-bond acceptors (Lipinski definition) is 24. The van der Waals surface area contributed by atoms with Crippen LogP contribution in [0, 0.1) is 40.7 Å². The van der Waals surface area contributed by atoms with E-state index >= 15 is 0 Å². The fourth-order valence-corrected chi connectivity index (χ4v) is 18.0. The molecule has 620 valence electrons. The first-order valence-corrected chi connectivity index (χ1v) is 39.0. The number of aliphatic hydroxyl groups excluding tert-OH is 8. The number of hydrogen-bond donors (Lipinski definition) is 16. The number of nitrogens with one attached hydrogen (secondary N) is 4. The summed E-state index contributed by atoms with van der Waals surface area (Å²) in [6, 6.07) is 18.9. The number of nitrogen functional groups attached to an aromatic ring is 4. The number of benzene rings is 4. The van der Waals surface area contributed by atoms with Crippen LogP contribution in [0.15, 0.2) is 128 Å². The summed E-state index contributed by atoms with van der Waals surface area (Å²) in [5.74, 6) is -2.58. The Labute approximate surface area is 668 Å². The minimum atomic E-state index is -1.33. The van der Waals surface area contributed by atoms with Crippen molar-refractivity contribution in [3.05, 3.63) is 214 Å². The Morgan fingerprint density at radius 2 is 0.661 bits per heavy atom. The molecule has 20 rings (SSSR count). The van der Waals surface area contributed by atoms with Gasteiger partial charge in [0.15, 0.2) is 34.9 Å². The highest BCUT2D eigenvalue weighted by Gasteiger charge is 2.50. The summed E-state index contributed by atoms with van der Waals surface area (Å²) < 4.78 is 130. The highest BCUT2D eigenvalue weighted by molar-refractivity contribution is 5.91. The lowest BCUT2D eigenvalue weighted by molar-refractivity contribution is -0.0167. The lowest BCUT2D eigenvalue weighted by Gasteiger charge is -2.25. The minimum Gasteiger partial charge on any atom is -0.487 e. The SMILES string of the molecule is Nc1ccnc2c1c(F)cn2C1CC(Oc2cc(F)c(F)c3c2CNCC3)[C@@H](O)[C@H]1O.Nc1ccnc2c1c(F)cn2C1CC(Oc2cc(F)cc3c2CNCC3)[C@@H](O)[C@H]1O.Nc1ccnc2c1c(F)cn2C1CC(Oc2cccc3c2CCNC3)[C@@H](O)[C@H]1O.Nc1ccnc2c1c(F)cn2[C@H]1CC(Oc2cccc3c2CNC3)[C@@H](O)[C@H]1O. The molecule has 4 aliphatic carbocycles. The van der Waals surface area contributed by atoms with Crippen LogP contribution in [0.2, 0.25) is 0 Å². The predicted octanol–water partition coefficient (Wildman–Crippen LogP) is 6.44. The van der Waals surface area contributed by atoms with Gasteiger partial charge in [0.25, 0.3) is 0 Å². The standard InChI is InChI=1S/C21H21F3N4O3.C21H22F2N4O3.C21H23FN4O3.C20H21FN4O3/c22-11-5-15(10-7-26-3-1-9(10)18(11)24)31-16-6-14(19(29)20(16)30)28-8-12(23)17-13(25)2-4-27-21(17)28;22-11-5-10-1-3-25-8-12(10)16(6-11)30-17-7-15(19(28)20(17)29)27-9-13(23)18-14(24)2-4-26-21(18)27;22-13-10-26(21-18(13)14(23)5-7-25-21)15-8-17(20(28)19(15)27)29-16-3-1-2-11-9-24-6-4-12(11)16;21-12-9-25(20-17(12)13(22)4-5-24-20)14-6-16(19(27)18(14)26)28-15-3-1-2-10-7-23-8-11(10)15/h2,4-5,8,14,16,19-20,26,29-30H,1,3,6-7H2,(H2,25,27);2,4-6,9,15,17,19-20,25,28-29H,1,3,7-8H2,(H2,24,26);1-3,5,7,10,15,17,19-20,24,27-28H,4,6,8-9H2,(H2,23,25);1-5,9,14,16,18-19,23,26-27H,6-8H2,(H2,22,24)/t14?,16?,19-,20+;2*15?,17?,19-,20+;14-,16?,18-,19+/m0000/s1. The summed E-state index contributed by atoms with van der Waals surface area (Å²) in [4.78, 5) is 16.8. The van der Waals surface area contributed by atoms with Gasteiger partial charge >= 0.3 is 0 Å². The minimum absolute atomic E-state index is 0.100. The van der Waals surface area contributed by atoms with E-state index in [1.807, 2.05) is 30.3 Å². The maximum absolute atomic E-state index is 14.5. The first-order valence-electron chi connectivity index (χ1n) is 39.0. The molecule has 0 bridgehead atoms. The average Bonchev–Trinajstić information content (AvgIpc) is 1.62. The summed E-state index contributed by atoms with van der Waals surface area (Å²) in [7, 11) is 0. The van der Waals surface area contributed by atoms with Crippen molar-refractivity contribution in [3.63, 3.8) is 0 Å². The second kappa shape index (κ2) is 32.4. The molecule has 4 aromatic carbocycles. The van der Waals surface area contributed by atoms with Crippen molar-refractivity contribution < 1.29 is 90.5 Å². The Balaban J connectivity index is 0.000000113. The molecule has 28 nitrogen and oxygen atoms in total. The Morgan fingerprint density at radius 1 is 0.331 bits per heavy atom. The number of nitrogens with two attached hydrogens (primary N) is 4. The average molecular weight is 1630 g/mol. The van der Waals surface area contributed by atoms with Crippen LogP contribution in [0.1, 0.15) is 94.4 Å². The molecule has 7 unspecified atom stereocenters. The van der Waals surface area contributed by atoms with E-state index in [0.29, 0.717) is 80.2 Å². The van der Waals surface area contributed by atoms with Crippen molar-refractivity contribution in [3.8, 4) is 23.0 Å². The number of pyridine rings is 4. The second-order valence-electron chi connectivity index (χ2n) is 31.0. The maximum Gasteiger partial charge on any atom is 0.162 e. The predicted molar refractivity (Wildman–Crippen MR) is 419 cm³/mol. The van der Waals surface area contributed by atoms with Crippen LogP contribution in [0.4, 0.5) is 53.5 Å². The van der Waals surface area contributed by atoms with Crippen LogP contribution < -0.4 is 63.1 Å². The van der Waals surface area contributed by atoms with Crippen molar-refractivity contribution in [2.45, 2.75) is 175 Å². The monoisotopic (exact) mass is 1630 g/mol. The van der Waals surface area contributed by atoms with Crippen LogP contribution in [-0.2, 0) is 52.0 Å². The van der Waals surface area contributed by atoms with Crippen molar-refractivity contribution >= 4 is 66.9 Å². The molecule has 0 radical (unpaired) electrons. The van der Waals surface area contributed by atoms with E-state index in [1.165, 1.54) is 106 Å². The lowest BCUT2D eigenvalue weighted by atomic mass is 9.99. The molecule has 118 heavy (non-hydrogen) atoms. The Kier molecular flexibility index (Phi) is 21.8. The molecular weight excluding hydrogens is 1550 g/mol. The van der Waals surface area contributed by atoms with Crippen LogP contribution >= 0.6 is 0 Å². The van der Waals surface area contributed by atoms with Gasteiger partial charge in [0.1, 0.15) is 125 Å². The molecule has 12 heterocycles. The number of fused-ring (bicyclic) bond motifs is 8. The number of halogens is 7. The van der Waals surface area contributed by atoms with Gasteiger partial charge in [-0.05, 0) is 104 Å². The van der Waals surface area contributed by atoms with Crippen molar-refractivity contribution in [2.24, 2.45) is 0 Å². The maximum atomic E-state index is 14.5. The quantitative estimate of drug-likeness (QED) is 0.0585. The van der Waals surface area contributed by atoms with Crippen molar-refractivity contribution in [2.75, 3.05) is 42.6 Å². The molecular formula is C83H87F7N16O12. The van der Waals surface area contributed by atoms with Gasteiger partial charge in [-0.25, -0.2) is 50.7 Å². The number of rotatable bonds is 12.